The number of carbonyl (C=O) groups excluding carboxylic acids is 3. The number of carbonyl (C=O) groups is 3. The third kappa shape index (κ3) is 9.04. The van der Waals surface area contributed by atoms with Crippen molar-refractivity contribution in [3.63, 3.8) is 0 Å². The fraction of sp³-hybridized carbons (Fsp3) is 0.481. The second kappa shape index (κ2) is 14.0. The molecule has 1 atom stereocenters. The Morgan fingerprint density at radius 2 is 1.86 bits per heavy atom. The molecule has 3 heterocycles. The molecular formula is C27H34F3N7O5. The normalized spacial score (nSPS) is 12.2. The number of alkyl halides is 3. The van der Waals surface area contributed by atoms with Gasteiger partial charge in [0.05, 0.1) is 23.3 Å². The van der Waals surface area contributed by atoms with Crippen molar-refractivity contribution in [2.75, 3.05) is 33.5 Å². The highest BCUT2D eigenvalue weighted by Gasteiger charge is 2.28. The second-order valence-corrected chi connectivity index (χ2v) is 10.1. The SMILES string of the molecule is CN(C)C(=O)CCCC[C@H](OC(=O)N(C)C)C(=O)Nc1cccn(Cc2cc3ncnc(CCC(F)(F)F)c3[nH]2)c1=O. The Bertz CT molecular complexity index is 1470. The summed E-state index contributed by atoms with van der Waals surface area (Å²) in [5.74, 6) is -0.764. The van der Waals surface area contributed by atoms with E-state index >= 15 is 0 Å². The van der Waals surface area contributed by atoms with Crippen LogP contribution in [0.25, 0.3) is 11.0 Å². The summed E-state index contributed by atoms with van der Waals surface area (Å²) in [6.45, 7) is 0.0105. The summed E-state index contributed by atoms with van der Waals surface area (Å²) < 4.78 is 44.8. The number of pyridine rings is 1. The third-order valence-corrected chi connectivity index (χ3v) is 6.32. The highest BCUT2D eigenvalue weighted by Crippen LogP contribution is 2.24. The summed E-state index contributed by atoms with van der Waals surface area (Å²) >= 11 is 0. The van der Waals surface area contributed by atoms with Crippen LogP contribution in [0, 0.1) is 0 Å². The molecule has 0 saturated carbocycles. The van der Waals surface area contributed by atoms with Crippen molar-refractivity contribution in [2.45, 2.75) is 57.3 Å². The first-order valence-electron chi connectivity index (χ1n) is 13.2. The number of H-pyrrole nitrogens is 1. The highest BCUT2D eigenvalue weighted by molar-refractivity contribution is 5.95. The minimum atomic E-state index is -4.33. The lowest BCUT2D eigenvalue weighted by molar-refractivity contribution is -0.134. The monoisotopic (exact) mass is 593 g/mol. The molecule has 0 aliphatic heterocycles. The number of hydrogen-bond acceptors (Lipinski definition) is 7. The molecule has 0 aromatic carbocycles. The van der Waals surface area contributed by atoms with Crippen LogP contribution in [0.4, 0.5) is 23.7 Å². The summed E-state index contributed by atoms with van der Waals surface area (Å²) in [5, 5.41) is 2.53. The van der Waals surface area contributed by atoms with Gasteiger partial charge in [0.1, 0.15) is 12.0 Å². The van der Waals surface area contributed by atoms with Gasteiger partial charge in [0.25, 0.3) is 11.5 Å². The lowest BCUT2D eigenvalue weighted by atomic mass is 10.1. The predicted molar refractivity (Wildman–Crippen MR) is 148 cm³/mol. The van der Waals surface area contributed by atoms with Crippen LogP contribution in [0.3, 0.4) is 0 Å². The maximum absolute atomic E-state index is 13.2. The van der Waals surface area contributed by atoms with Crippen LogP contribution >= 0.6 is 0 Å². The molecule has 0 unspecified atom stereocenters. The summed E-state index contributed by atoms with van der Waals surface area (Å²) in [6, 6.07) is 4.56. The van der Waals surface area contributed by atoms with Crippen molar-refractivity contribution in [3.8, 4) is 0 Å². The van der Waals surface area contributed by atoms with Gasteiger partial charge in [0, 0.05) is 59.3 Å². The maximum atomic E-state index is 13.2. The Kier molecular flexibility index (Phi) is 10.7. The molecule has 0 spiro atoms. The number of nitrogens with one attached hydrogen (secondary N) is 2. The minimum Gasteiger partial charge on any atom is -0.436 e. The molecule has 0 saturated heterocycles. The molecule has 0 aliphatic rings. The Morgan fingerprint density at radius 3 is 2.52 bits per heavy atom. The molecule has 12 nitrogen and oxygen atoms in total. The molecule has 42 heavy (non-hydrogen) atoms. The molecule has 3 aromatic heterocycles. The van der Waals surface area contributed by atoms with Crippen LogP contribution < -0.4 is 10.9 Å². The first-order chi connectivity index (χ1) is 19.7. The zero-order valence-electron chi connectivity index (χ0n) is 23.8. The lowest BCUT2D eigenvalue weighted by Crippen LogP contribution is -2.37. The number of amides is 3. The van der Waals surface area contributed by atoms with Crippen molar-refractivity contribution >= 4 is 34.6 Å². The van der Waals surface area contributed by atoms with E-state index in [2.05, 4.69) is 20.3 Å². The fourth-order valence-corrected chi connectivity index (χ4v) is 4.03. The van der Waals surface area contributed by atoms with Gasteiger partial charge >= 0.3 is 12.3 Å². The van der Waals surface area contributed by atoms with Gasteiger partial charge in [0.15, 0.2) is 6.10 Å². The van der Waals surface area contributed by atoms with E-state index in [-0.39, 0.29) is 43.1 Å². The number of aromatic amines is 1. The largest absolute Gasteiger partial charge is 0.436 e. The quantitative estimate of drug-likeness (QED) is 0.307. The van der Waals surface area contributed by atoms with Crippen molar-refractivity contribution in [1.82, 2.24) is 29.3 Å². The van der Waals surface area contributed by atoms with E-state index in [1.807, 2.05) is 0 Å². The standard InChI is InChI=1S/C27H34F3N7O5/c1-35(2)22(38)10-6-5-9-21(42-26(41)36(3)4)24(39)34-19-8-7-13-37(25(19)40)15-17-14-20-23(33-17)18(31-16-32-20)11-12-27(28,29)30/h7-8,13-14,16,21,33H,5-6,9-12,15H2,1-4H3,(H,34,39)/t21-/m0/s1. The van der Waals surface area contributed by atoms with Crippen molar-refractivity contribution in [2.24, 2.45) is 0 Å². The molecule has 0 bridgehead atoms. The average Bonchev–Trinajstić information content (AvgIpc) is 3.33. The number of aromatic nitrogens is 4. The zero-order valence-corrected chi connectivity index (χ0v) is 23.8. The lowest BCUT2D eigenvalue weighted by Gasteiger charge is -2.20. The van der Waals surface area contributed by atoms with Crippen LogP contribution in [-0.4, -0.2) is 87.7 Å². The number of ether oxygens (including phenoxy) is 1. The number of rotatable bonds is 12. The van der Waals surface area contributed by atoms with Gasteiger partial charge in [-0.15, -0.1) is 0 Å². The number of anilines is 1. The number of fused-ring (bicyclic) bond motifs is 1. The minimum absolute atomic E-state index is 0.0105. The number of halogens is 3. The van der Waals surface area contributed by atoms with Gasteiger partial charge in [-0.1, -0.05) is 0 Å². The van der Waals surface area contributed by atoms with E-state index in [1.54, 1.807) is 26.2 Å². The topological polar surface area (TPSA) is 143 Å². The van der Waals surface area contributed by atoms with Gasteiger partial charge < -0.3 is 29.4 Å². The van der Waals surface area contributed by atoms with Crippen molar-refractivity contribution < 1.29 is 32.3 Å². The summed E-state index contributed by atoms with van der Waals surface area (Å²) in [7, 11) is 6.23. The highest BCUT2D eigenvalue weighted by atomic mass is 19.4. The van der Waals surface area contributed by atoms with Crippen LogP contribution in [0.5, 0.6) is 0 Å². The second-order valence-electron chi connectivity index (χ2n) is 10.1. The smallest absolute Gasteiger partial charge is 0.410 e. The van der Waals surface area contributed by atoms with Crippen LogP contribution in [0.1, 0.15) is 43.5 Å². The van der Waals surface area contributed by atoms with Crippen LogP contribution in [0.15, 0.2) is 35.5 Å². The van der Waals surface area contributed by atoms with Gasteiger partial charge in [-0.25, -0.2) is 14.8 Å². The number of hydrogen-bond donors (Lipinski definition) is 2. The van der Waals surface area contributed by atoms with Gasteiger partial charge in [-0.05, 0) is 37.5 Å². The van der Waals surface area contributed by atoms with E-state index < -0.39 is 36.3 Å². The predicted octanol–water partition coefficient (Wildman–Crippen LogP) is 3.32. The molecule has 0 fully saturated rings. The van der Waals surface area contributed by atoms with Gasteiger partial charge in [-0.2, -0.15) is 13.2 Å². The molecule has 3 amide bonds. The Balaban J connectivity index is 1.74. The molecule has 0 radical (unpaired) electrons. The van der Waals surface area contributed by atoms with Gasteiger partial charge in [0.2, 0.25) is 5.91 Å². The van der Waals surface area contributed by atoms with Crippen molar-refractivity contribution in [3.05, 3.63) is 52.5 Å². The van der Waals surface area contributed by atoms with E-state index in [0.717, 1.165) is 0 Å². The van der Waals surface area contributed by atoms with E-state index in [0.29, 0.717) is 29.6 Å². The maximum Gasteiger partial charge on any atom is 0.410 e. The number of aryl methyl sites for hydroxylation is 1. The average molecular weight is 594 g/mol. The Morgan fingerprint density at radius 1 is 1.12 bits per heavy atom. The fourth-order valence-electron chi connectivity index (χ4n) is 4.03. The molecule has 2 N–H and O–H groups in total. The number of unbranched alkanes of at least 4 members (excludes halogenated alkanes) is 1. The number of nitrogens with zero attached hydrogens (tertiary/aromatic N) is 5. The molecule has 3 rings (SSSR count). The summed E-state index contributed by atoms with van der Waals surface area (Å²) in [4.78, 5) is 64.0. The molecule has 0 aliphatic carbocycles. The van der Waals surface area contributed by atoms with Gasteiger partial charge in [-0.3, -0.25) is 14.4 Å². The van der Waals surface area contributed by atoms with Crippen molar-refractivity contribution in [1.29, 1.82) is 0 Å². The molecular weight excluding hydrogens is 559 g/mol. The zero-order chi connectivity index (χ0) is 31.0. The van der Waals surface area contributed by atoms with Crippen LogP contribution in [-0.2, 0) is 27.3 Å². The summed E-state index contributed by atoms with van der Waals surface area (Å²) in [5.41, 5.74) is 0.857. The molecule has 228 valence electrons. The molecule has 15 heteroatoms. The Hall–Kier alpha value is -4.43. The summed E-state index contributed by atoms with van der Waals surface area (Å²) in [6.07, 6.45) is -3.64. The molecule has 3 aromatic rings. The van der Waals surface area contributed by atoms with E-state index in [1.165, 1.54) is 47.1 Å². The third-order valence-electron chi connectivity index (χ3n) is 6.32. The first-order valence-corrected chi connectivity index (χ1v) is 13.2. The van der Waals surface area contributed by atoms with E-state index in [4.69, 9.17) is 4.74 Å². The first kappa shape index (κ1) is 32.1. The Labute approximate surface area is 239 Å². The van der Waals surface area contributed by atoms with Crippen LogP contribution in [0.2, 0.25) is 0 Å². The van der Waals surface area contributed by atoms with E-state index in [9.17, 15) is 32.3 Å².